The van der Waals surface area contributed by atoms with Gasteiger partial charge in [-0.2, -0.15) is 5.26 Å². The summed E-state index contributed by atoms with van der Waals surface area (Å²) in [6.45, 7) is 2.95. The van der Waals surface area contributed by atoms with Crippen molar-refractivity contribution in [2.45, 2.75) is 19.6 Å². The van der Waals surface area contributed by atoms with Crippen LogP contribution in [-0.2, 0) is 19.1 Å². The van der Waals surface area contributed by atoms with Gasteiger partial charge < -0.3 is 20.1 Å². The summed E-state index contributed by atoms with van der Waals surface area (Å²) >= 11 is 0. The Labute approximate surface area is 127 Å². The van der Waals surface area contributed by atoms with E-state index in [1.54, 1.807) is 25.2 Å². The molecule has 1 aromatic rings. The number of carbonyl (C=O) groups excluding carboxylic acids is 2. The van der Waals surface area contributed by atoms with Gasteiger partial charge in [0.2, 0.25) is 0 Å². The van der Waals surface area contributed by atoms with Crippen LogP contribution >= 0.6 is 0 Å². The molecule has 2 rings (SSSR count). The third-order valence-electron chi connectivity index (χ3n) is 2.91. The monoisotopic (exact) mass is 301 g/mol. The summed E-state index contributed by atoms with van der Waals surface area (Å²) in [4.78, 5) is 23.5. The van der Waals surface area contributed by atoms with Crippen molar-refractivity contribution in [1.29, 1.82) is 5.26 Å². The van der Waals surface area contributed by atoms with Crippen molar-refractivity contribution in [2.75, 3.05) is 17.7 Å². The maximum Gasteiger partial charge on any atom is 0.350 e. The van der Waals surface area contributed by atoms with Gasteiger partial charge in [-0.15, -0.1) is 0 Å². The molecule has 1 heterocycles. The molecule has 0 aliphatic carbocycles. The van der Waals surface area contributed by atoms with Crippen LogP contribution in [0.2, 0.25) is 0 Å². The average Bonchev–Trinajstić information content (AvgIpc) is 2.44. The van der Waals surface area contributed by atoms with Crippen LogP contribution in [0, 0.1) is 11.3 Å². The topological polar surface area (TPSA) is 100 Å². The van der Waals surface area contributed by atoms with Crippen molar-refractivity contribution in [3.05, 3.63) is 35.5 Å². The summed E-state index contributed by atoms with van der Waals surface area (Å²) in [5.41, 5.74) is 1.42. The minimum Gasteiger partial charge on any atom is -0.419 e. The summed E-state index contributed by atoms with van der Waals surface area (Å²) in [5, 5.41) is 14.7. The highest BCUT2D eigenvalue weighted by atomic mass is 16.7. The number of hydrogen-bond acceptors (Lipinski definition) is 7. The fraction of sp³-hybridized carbons (Fsp3) is 0.267. The number of nitrogens with one attached hydrogen (secondary N) is 2. The number of ether oxygens (including phenoxy) is 2. The van der Waals surface area contributed by atoms with Crippen molar-refractivity contribution < 1.29 is 19.1 Å². The van der Waals surface area contributed by atoms with Gasteiger partial charge in [0.1, 0.15) is 6.07 Å². The molecule has 0 radical (unpaired) electrons. The molecule has 7 nitrogen and oxygen atoms in total. The predicted octanol–water partition coefficient (Wildman–Crippen LogP) is 1.73. The number of esters is 2. The molecule has 1 fully saturated rings. The molecule has 0 saturated carbocycles. The first-order valence-electron chi connectivity index (χ1n) is 6.51. The van der Waals surface area contributed by atoms with Gasteiger partial charge >= 0.3 is 11.9 Å². The zero-order chi connectivity index (χ0) is 16.3. The SMILES string of the molecule is CNc1ccc(NC=C2C(=O)OC(C)(C)OC2=O)cc1C#N. The van der Waals surface area contributed by atoms with Crippen LogP contribution in [-0.4, -0.2) is 24.8 Å². The summed E-state index contributed by atoms with van der Waals surface area (Å²) < 4.78 is 9.95. The zero-order valence-electron chi connectivity index (χ0n) is 12.4. The van der Waals surface area contributed by atoms with Crippen LogP contribution in [0.15, 0.2) is 30.0 Å². The van der Waals surface area contributed by atoms with Crippen LogP contribution in [0.1, 0.15) is 19.4 Å². The van der Waals surface area contributed by atoms with E-state index in [2.05, 4.69) is 10.6 Å². The van der Waals surface area contributed by atoms with Crippen molar-refractivity contribution >= 4 is 23.3 Å². The summed E-state index contributed by atoms with van der Waals surface area (Å²) in [5.74, 6) is -2.80. The molecule has 1 aliphatic heterocycles. The Morgan fingerprint density at radius 1 is 1.23 bits per heavy atom. The lowest BCUT2D eigenvalue weighted by Gasteiger charge is -2.29. The Kier molecular flexibility index (Phi) is 4.04. The molecule has 114 valence electrons. The van der Waals surface area contributed by atoms with Gasteiger partial charge in [0.05, 0.1) is 11.3 Å². The van der Waals surface area contributed by atoms with Crippen molar-refractivity contribution in [2.24, 2.45) is 0 Å². The number of hydrogen-bond donors (Lipinski definition) is 2. The molecule has 0 spiro atoms. The molecule has 0 amide bonds. The molecule has 7 heteroatoms. The lowest BCUT2D eigenvalue weighted by atomic mass is 10.1. The number of anilines is 2. The number of carbonyl (C=O) groups is 2. The first kappa shape index (κ1) is 15.4. The zero-order valence-corrected chi connectivity index (χ0v) is 12.4. The second kappa shape index (κ2) is 5.77. The first-order valence-corrected chi connectivity index (χ1v) is 6.51. The average molecular weight is 301 g/mol. The van der Waals surface area contributed by atoms with Crippen LogP contribution in [0.25, 0.3) is 0 Å². The lowest BCUT2D eigenvalue weighted by molar-refractivity contribution is -0.222. The van der Waals surface area contributed by atoms with Gasteiger partial charge in [-0.05, 0) is 18.2 Å². The first-order chi connectivity index (χ1) is 10.4. The number of rotatable bonds is 3. The molecule has 0 aromatic heterocycles. The van der Waals surface area contributed by atoms with E-state index >= 15 is 0 Å². The van der Waals surface area contributed by atoms with Crippen LogP contribution in [0.5, 0.6) is 0 Å². The van der Waals surface area contributed by atoms with E-state index in [9.17, 15) is 9.59 Å². The van der Waals surface area contributed by atoms with Crippen LogP contribution in [0.4, 0.5) is 11.4 Å². The van der Waals surface area contributed by atoms with Crippen LogP contribution < -0.4 is 10.6 Å². The summed E-state index contributed by atoms with van der Waals surface area (Å²) in [6, 6.07) is 7.05. The molecule has 0 bridgehead atoms. The molecule has 0 unspecified atom stereocenters. The maximum absolute atomic E-state index is 11.8. The Morgan fingerprint density at radius 3 is 2.41 bits per heavy atom. The van der Waals surface area contributed by atoms with E-state index in [0.29, 0.717) is 16.9 Å². The molecule has 2 N–H and O–H groups in total. The van der Waals surface area contributed by atoms with Crippen molar-refractivity contribution in [1.82, 2.24) is 0 Å². The molecule has 0 atom stereocenters. The van der Waals surface area contributed by atoms with E-state index in [0.717, 1.165) is 0 Å². The molecule has 1 aromatic carbocycles. The van der Waals surface area contributed by atoms with Crippen LogP contribution in [0.3, 0.4) is 0 Å². The quantitative estimate of drug-likeness (QED) is 0.498. The van der Waals surface area contributed by atoms with E-state index in [1.807, 2.05) is 6.07 Å². The predicted molar refractivity (Wildman–Crippen MR) is 78.7 cm³/mol. The largest absolute Gasteiger partial charge is 0.419 e. The number of benzene rings is 1. The molecular formula is C15H15N3O4. The minimum atomic E-state index is -1.27. The Hall–Kier alpha value is -3.01. The van der Waals surface area contributed by atoms with Gasteiger partial charge in [0.15, 0.2) is 5.57 Å². The second-order valence-corrected chi connectivity index (χ2v) is 5.00. The van der Waals surface area contributed by atoms with Gasteiger partial charge in [-0.3, -0.25) is 0 Å². The highest BCUT2D eigenvalue weighted by Gasteiger charge is 2.38. The van der Waals surface area contributed by atoms with Gasteiger partial charge in [-0.25, -0.2) is 9.59 Å². The second-order valence-electron chi connectivity index (χ2n) is 5.00. The minimum absolute atomic E-state index is 0.240. The molecule has 1 saturated heterocycles. The number of nitriles is 1. The van der Waals surface area contributed by atoms with E-state index < -0.39 is 17.7 Å². The Bertz CT molecular complexity index is 679. The van der Waals surface area contributed by atoms with Gasteiger partial charge in [0, 0.05) is 32.8 Å². The van der Waals surface area contributed by atoms with Crippen molar-refractivity contribution in [3.63, 3.8) is 0 Å². The summed E-state index contributed by atoms with van der Waals surface area (Å²) in [6.07, 6.45) is 1.20. The fourth-order valence-electron chi connectivity index (χ4n) is 1.88. The maximum atomic E-state index is 11.8. The van der Waals surface area contributed by atoms with Gasteiger partial charge in [-0.1, -0.05) is 0 Å². The fourth-order valence-corrected chi connectivity index (χ4v) is 1.88. The number of cyclic esters (lactones) is 2. The standard InChI is InChI=1S/C15H15N3O4/c1-15(2)21-13(19)11(14(20)22-15)8-18-10-4-5-12(17-3)9(6-10)7-16/h4-6,8,17-18H,1-3H3. The van der Waals surface area contributed by atoms with Crippen molar-refractivity contribution in [3.8, 4) is 6.07 Å². The third-order valence-corrected chi connectivity index (χ3v) is 2.91. The normalized spacial score (nSPS) is 16.2. The van der Waals surface area contributed by atoms with E-state index in [1.165, 1.54) is 20.0 Å². The number of nitrogens with zero attached hydrogens (tertiary/aromatic N) is 1. The van der Waals surface area contributed by atoms with Gasteiger partial charge in [0.25, 0.3) is 5.79 Å². The molecule has 1 aliphatic rings. The Balaban J connectivity index is 2.20. The molecular weight excluding hydrogens is 286 g/mol. The molecule has 22 heavy (non-hydrogen) atoms. The lowest BCUT2D eigenvalue weighted by Crippen LogP contribution is -2.42. The van der Waals surface area contributed by atoms with E-state index in [-0.39, 0.29) is 5.57 Å². The summed E-state index contributed by atoms with van der Waals surface area (Å²) in [7, 11) is 1.71. The smallest absolute Gasteiger partial charge is 0.350 e. The third kappa shape index (κ3) is 3.17. The Morgan fingerprint density at radius 2 is 1.86 bits per heavy atom. The highest BCUT2D eigenvalue weighted by Crippen LogP contribution is 2.23. The highest BCUT2D eigenvalue weighted by molar-refractivity contribution is 6.15. The van der Waals surface area contributed by atoms with E-state index in [4.69, 9.17) is 14.7 Å².